The predicted molar refractivity (Wildman–Crippen MR) is 104 cm³/mol. The Kier molecular flexibility index (Phi) is 5.31. The number of β-amino-alcohol motifs (C(OH)–C–C–N with tert-alkyl or cyclic N) is 1. The first-order chi connectivity index (χ1) is 13.0. The molecule has 0 saturated carbocycles. The van der Waals surface area contributed by atoms with Gasteiger partial charge in [-0.15, -0.1) is 0 Å². The number of halogens is 1. The summed E-state index contributed by atoms with van der Waals surface area (Å²) >= 11 is 0. The maximum absolute atomic E-state index is 14.1. The molecule has 1 aliphatic heterocycles. The third-order valence-electron chi connectivity index (χ3n) is 6.25. The van der Waals surface area contributed by atoms with Crippen LogP contribution in [0.3, 0.4) is 0 Å². The topological polar surface area (TPSA) is 43.7 Å². The molecule has 0 radical (unpaired) electrons. The lowest BCUT2D eigenvalue weighted by molar-refractivity contribution is -0.0367. The first kappa shape index (κ1) is 18.6. The van der Waals surface area contributed by atoms with Gasteiger partial charge in [-0.25, -0.2) is 4.39 Å². The molecule has 0 aromatic heterocycles. The molecule has 2 aromatic carbocycles. The summed E-state index contributed by atoms with van der Waals surface area (Å²) in [6.45, 7) is 1.84. The summed E-state index contributed by atoms with van der Waals surface area (Å²) in [7, 11) is 0. The molecule has 0 bridgehead atoms. The van der Waals surface area contributed by atoms with Gasteiger partial charge >= 0.3 is 0 Å². The summed E-state index contributed by atoms with van der Waals surface area (Å²) in [4.78, 5) is 2.17. The van der Waals surface area contributed by atoms with E-state index in [1.807, 2.05) is 0 Å². The number of aliphatic hydroxyl groups is 2. The highest BCUT2D eigenvalue weighted by atomic mass is 19.1. The lowest BCUT2D eigenvalue weighted by atomic mass is 9.84. The van der Waals surface area contributed by atoms with E-state index in [2.05, 4.69) is 23.1 Å². The summed E-state index contributed by atoms with van der Waals surface area (Å²) in [5, 5.41) is 21.6. The molecule has 4 rings (SSSR count). The quantitative estimate of drug-likeness (QED) is 0.863. The molecule has 0 amide bonds. The SMILES string of the molecule is OC(CN1CCC(O)(c2ccccc2F)CC1)c1ccc2c(c1)CCCC2. The summed E-state index contributed by atoms with van der Waals surface area (Å²) in [5.74, 6) is -0.345. The summed E-state index contributed by atoms with van der Waals surface area (Å²) < 4.78 is 14.1. The van der Waals surface area contributed by atoms with Gasteiger partial charge in [0.25, 0.3) is 0 Å². The van der Waals surface area contributed by atoms with Crippen LogP contribution in [0, 0.1) is 5.82 Å². The van der Waals surface area contributed by atoms with E-state index in [1.54, 1.807) is 18.2 Å². The second kappa shape index (κ2) is 7.70. The standard InChI is InChI=1S/C23H28FNO2/c24-21-8-4-3-7-20(21)23(27)11-13-25(14-12-23)16-22(26)19-10-9-17-5-1-2-6-18(17)15-19/h3-4,7-10,15,22,26-27H,1-2,5-6,11-14,16H2. The normalized spacial score (nSPS) is 20.9. The van der Waals surface area contributed by atoms with Crippen molar-refractivity contribution >= 4 is 0 Å². The van der Waals surface area contributed by atoms with Gasteiger partial charge in [-0.2, -0.15) is 0 Å². The van der Waals surface area contributed by atoms with Crippen LogP contribution in [0.15, 0.2) is 42.5 Å². The first-order valence-electron chi connectivity index (χ1n) is 10.0. The monoisotopic (exact) mass is 369 g/mol. The van der Waals surface area contributed by atoms with Crippen LogP contribution in [0.1, 0.15) is 54.0 Å². The minimum atomic E-state index is -1.11. The third-order valence-corrected chi connectivity index (χ3v) is 6.25. The number of benzene rings is 2. The number of rotatable bonds is 4. The number of hydrogen-bond donors (Lipinski definition) is 2. The van der Waals surface area contributed by atoms with E-state index in [0.29, 0.717) is 38.0 Å². The fourth-order valence-corrected chi connectivity index (χ4v) is 4.52. The Morgan fingerprint density at radius 3 is 2.44 bits per heavy atom. The van der Waals surface area contributed by atoms with Gasteiger partial charge < -0.3 is 15.1 Å². The molecule has 4 heteroatoms. The highest BCUT2D eigenvalue weighted by molar-refractivity contribution is 5.35. The predicted octanol–water partition coefficient (Wildman–Crippen LogP) is 3.72. The number of likely N-dealkylation sites (tertiary alicyclic amines) is 1. The van der Waals surface area contributed by atoms with Crippen molar-refractivity contribution in [2.45, 2.75) is 50.2 Å². The molecule has 2 N–H and O–H groups in total. The van der Waals surface area contributed by atoms with E-state index in [-0.39, 0.29) is 5.82 Å². The average Bonchev–Trinajstić information content (AvgIpc) is 2.69. The number of hydrogen-bond acceptors (Lipinski definition) is 3. The highest BCUT2D eigenvalue weighted by Gasteiger charge is 2.36. The minimum absolute atomic E-state index is 0.345. The van der Waals surface area contributed by atoms with Gasteiger partial charge in [0.15, 0.2) is 0 Å². The van der Waals surface area contributed by atoms with Gasteiger partial charge in [-0.3, -0.25) is 0 Å². The Labute approximate surface area is 160 Å². The van der Waals surface area contributed by atoms with Gasteiger partial charge in [0.2, 0.25) is 0 Å². The van der Waals surface area contributed by atoms with E-state index >= 15 is 0 Å². The van der Waals surface area contributed by atoms with Crippen molar-refractivity contribution in [3.05, 3.63) is 70.5 Å². The zero-order valence-corrected chi connectivity index (χ0v) is 15.7. The Morgan fingerprint density at radius 1 is 1.00 bits per heavy atom. The van der Waals surface area contributed by atoms with Crippen LogP contribution < -0.4 is 0 Å². The van der Waals surface area contributed by atoms with Crippen molar-refractivity contribution < 1.29 is 14.6 Å². The summed E-state index contributed by atoms with van der Waals surface area (Å²) in [6.07, 6.45) is 5.16. The highest BCUT2D eigenvalue weighted by Crippen LogP contribution is 2.35. The Hall–Kier alpha value is -1.75. The molecule has 2 aromatic rings. The largest absolute Gasteiger partial charge is 0.387 e. The molecule has 1 fully saturated rings. The number of piperidine rings is 1. The number of nitrogens with zero attached hydrogens (tertiary/aromatic N) is 1. The van der Waals surface area contributed by atoms with Crippen LogP contribution in [0.5, 0.6) is 0 Å². The zero-order chi connectivity index (χ0) is 18.9. The van der Waals surface area contributed by atoms with Gasteiger partial charge in [0, 0.05) is 25.2 Å². The molecule has 1 aliphatic carbocycles. The summed E-state index contributed by atoms with van der Waals surface area (Å²) in [5.41, 5.74) is 3.06. The Bertz CT molecular complexity index is 799. The summed E-state index contributed by atoms with van der Waals surface area (Å²) in [6, 6.07) is 12.9. The van der Waals surface area contributed by atoms with Crippen molar-refractivity contribution in [1.29, 1.82) is 0 Å². The second-order valence-corrected chi connectivity index (χ2v) is 8.06. The minimum Gasteiger partial charge on any atom is -0.387 e. The van der Waals surface area contributed by atoms with Crippen LogP contribution in [0.4, 0.5) is 4.39 Å². The molecule has 27 heavy (non-hydrogen) atoms. The van der Waals surface area contributed by atoms with Gasteiger partial charge in [-0.1, -0.05) is 36.4 Å². The molecule has 3 nitrogen and oxygen atoms in total. The van der Waals surface area contributed by atoms with Crippen LogP contribution in [-0.4, -0.2) is 34.7 Å². The van der Waals surface area contributed by atoms with Gasteiger partial charge in [0.05, 0.1) is 11.7 Å². The second-order valence-electron chi connectivity index (χ2n) is 8.06. The first-order valence-corrected chi connectivity index (χ1v) is 10.0. The fraction of sp³-hybridized carbons (Fsp3) is 0.478. The van der Waals surface area contributed by atoms with Crippen molar-refractivity contribution in [2.75, 3.05) is 19.6 Å². The number of aryl methyl sites for hydroxylation is 2. The van der Waals surface area contributed by atoms with Crippen LogP contribution >= 0.6 is 0 Å². The zero-order valence-electron chi connectivity index (χ0n) is 15.7. The molecule has 1 unspecified atom stereocenters. The molecule has 1 atom stereocenters. The van der Waals surface area contributed by atoms with E-state index < -0.39 is 11.7 Å². The van der Waals surface area contributed by atoms with Gasteiger partial charge in [0.1, 0.15) is 5.82 Å². The smallest absolute Gasteiger partial charge is 0.129 e. The van der Waals surface area contributed by atoms with Crippen molar-refractivity contribution in [1.82, 2.24) is 4.90 Å². The number of fused-ring (bicyclic) bond motifs is 1. The molecular weight excluding hydrogens is 341 g/mol. The maximum atomic E-state index is 14.1. The molecule has 0 spiro atoms. The Balaban J connectivity index is 1.38. The molecule has 144 valence electrons. The number of aliphatic hydroxyl groups excluding tert-OH is 1. The van der Waals surface area contributed by atoms with Crippen LogP contribution in [0.2, 0.25) is 0 Å². The lowest BCUT2D eigenvalue weighted by Gasteiger charge is -2.39. The third kappa shape index (κ3) is 3.93. The van der Waals surface area contributed by atoms with Crippen molar-refractivity contribution in [2.24, 2.45) is 0 Å². The molecular formula is C23H28FNO2. The van der Waals surface area contributed by atoms with Crippen molar-refractivity contribution in [3.8, 4) is 0 Å². The molecule has 1 saturated heterocycles. The van der Waals surface area contributed by atoms with E-state index in [4.69, 9.17) is 0 Å². The van der Waals surface area contributed by atoms with E-state index in [0.717, 1.165) is 18.4 Å². The fourth-order valence-electron chi connectivity index (χ4n) is 4.52. The average molecular weight is 369 g/mol. The van der Waals surface area contributed by atoms with E-state index in [9.17, 15) is 14.6 Å². The molecule has 2 aliphatic rings. The van der Waals surface area contributed by atoms with Crippen LogP contribution in [-0.2, 0) is 18.4 Å². The Morgan fingerprint density at radius 2 is 1.70 bits per heavy atom. The lowest BCUT2D eigenvalue weighted by Crippen LogP contribution is -2.44. The van der Waals surface area contributed by atoms with E-state index in [1.165, 1.54) is 30.0 Å². The van der Waals surface area contributed by atoms with Crippen molar-refractivity contribution in [3.63, 3.8) is 0 Å². The van der Waals surface area contributed by atoms with Gasteiger partial charge in [-0.05, 0) is 61.3 Å². The molecule has 1 heterocycles. The maximum Gasteiger partial charge on any atom is 0.129 e. The van der Waals surface area contributed by atoms with Crippen LogP contribution in [0.25, 0.3) is 0 Å².